The lowest BCUT2D eigenvalue weighted by molar-refractivity contribution is 0.825. The minimum absolute atomic E-state index is 0. The molecule has 1 aromatic rings. The average Bonchev–Trinajstić information content (AvgIpc) is 2.09. The lowest BCUT2D eigenvalue weighted by atomic mass is 9.99. The molecule has 0 amide bonds. The number of rotatable bonds is 3. The summed E-state index contributed by atoms with van der Waals surface area (Å²) in [5.74, 6) is 1.44. The summed E-state index contributed by atoms with van der Waals surface area (Å²) in [5, 5.41) is 0. The lowest BCUT2D eigenvalue weighted by Crippen LogP contribution is -1.98. The van der Waals surface area contributed by atoms with Crippen LogP contribution in [0.5, 0.6) is 0 Å². The van der Waals surface area contributed by atoms with Crippen LogP contribution in [0, 0.1) is 5.92 Å². The Hall–Kier alpha value is -0.318. The van der Waals surface area contributed by atoms with Crippen LogP contribution >= 0.6 is 0 Å². The van der Waals surface area contributed by atoms with E-state index in [1.54, 1.807) is 0 Å². The van der Waals surface area contributed by atoms with E-state index in [0.717, 1.165) is 18.5 Å². The fourth-order valence-electron chi connectivity index (χ4n) is 1.18. The molecule has 0 fully saturated rings. The molecule has 0 saturated heterocycles. The van der Waals surface area contributed by atoms with E-state index in [0.29, 0.717) is 0 Å². The standard InChI is InChI=1S/C10H14N.Al.3H/c1-3-9(4-2)10-7-5-6-8-11-10;;;;/h5-8H,3-4H2,1-2H3;;;;. The zero-order valence-electron chi connectivity index (χ0n) is 7.17. The lowest BCUT2D eigenvalue weighted by Gasteiger charge is -2.09. The fraction of sp³-hybridized carbons (Fsp3) is 0.400. The SMILES string of the molecule is CC[C](CC)c1ccccn1.[AlH3]. The molecule has 65 valence electrons. The van der Waals surface area contributed by atoms with Crippen LogP contribution in [0.15, 0.2) is 24.4 Å². The highest BCUT2D eigenvalue weighted by Crippen LogP contribution is 2.18. The monoisotopic (exact) mass is 178 g/mol. The molecule has 1 nitrogen and oxygen atoms in total. The fourth-order valence-corrected chi connectivity index (χ4v) is 1.18. The maximum atomic E-state index is 4.28. The Morgan fingerprint density at radius 1 is 1.25 bits per heavy atom. The van der Waals surface area contributed by atoms with E-state index < -0.39 is 0 Å². The first-order valence-corrected chi connectivity index (χ1v) is 4.14. The second-order valence-corrected chi connectivity index (χ2v) is 2.53. The van der Waals surface area contributed by atoms with Crippen molar-refractivity contribution in [3.05, 3.63) is 36.0 Å². The third kappa shape index (κ3) is 2.97. The summed E-state index contributed by atoms with van der Waals surface area (Å²) in [7, 11) is 0. The van der Waals surface area contributed by atoms with Crippen LogP contribution < -0.4 is 0 Å². The van der Waals surface area contributed by atoms with Gasteiger partial charge in [-0.1, -0.05) is 19.9 Å². The van der Waals surface area contributed by atoms with Gasteiger partial charge in [-0.3, -0.25) is 4.98 Å². The number of pyridine rings is 1. The van der Waals surface area contributed by atoms with Gasteiger partial charge in [0.1, 0.15) is 0 Å². The summed E-state index contributed by atoms with van der Waals surface area (Å²) in [5.41, 5.74) is 1.15. The van der Waals surface area contributed by atoms with Gasteiger partial charge in [-0.15, -0.1) is 0 Å². The number of hydrogen-bond donors (Lipinski definition) is 0. The van der Waals surface area contributed by atoms with E-state index in [2.05, 4.69) is 24.9 Å². The van der Waals surface area contributed by atoms with E-state index in [1.165, 1.54) is 5.92 Å². The van der Waals surface area contributed by atoms with Crippen molar-refractivity contribution in [3.63, 3.8) is 0 Å². The van der Waals surface area contributed by atoms with E-state index in [9.17, 15) is 0 Å². The Morgan fingerprint density at radius 3 is 2.33 bits per heavy atom. The maximum absolute atomic E-state index is 4.28. The van der Waals surface area contributed by atoms with E-state index >= 15 is 0 Å². The normalized spacial score (nSPS) is 9.58. The van der Waals surface area contributed by atoms with E-state index in [4.69, 9.17) is 0 Å². The van der Waals surface area contributed by atoms with Crippen LogP contribution in [-0.4, -0.2) is 22.3 Å². The van der Waals surface area contributed by atoms with Crippen molar-refractivity contribution in [1.29, 1.82) is 0 Å². The molecule has 0 bridgehead atoms. The highest BCUT2D eigenvalue weighted by Gasteiger charge is 2.06. The second-order valence-electron chi connectivity index (χ2n) is 2.53. The van der Waals surface area contributed by atoms with Crippen molar-refractivity contribution in [3.8, 4) is 0 Å². The van der Waals surface area contributed by atoms with Crippen molar-refractivity contribution in [2.24, 2.45) is 0 Å². The van der Waals surface area contributed by atoms with Gasteiger partial charge in [-0.05, 0) is 25.0 Å². The van der Waals surface area contributed by atoms with Crippen LogP contribution in [0.3, 0.4) is 0 Å². The van der Waals surface area contributed by atoms with E-state index in [1.807, 2.05) is 18.3 Å². The summed E-state index contributed by atoms with van der Waals surface area (Å²) < 4.78 is 0. The first kappa shape index (κ1) is 11.7. The summed E-state index contributed by atoms with van der Waals surface area (Å²) in [4.78, 5) is 4.28. The Bertz CT molecular complexity index is 194. The van der Waals surface area contributed by atoms with Gasteiger partial charge in [0.25, 0.3) is 0 Å². The molecule has 12 heavy (non-hydrogen) atoms. The number of nitrogens with zero attached hydrogens (tertiary/aromatic N) is 1. The highest BCUT2D eigenvalue weighted by molar-refractivity contribution is 5.75. The predicted molar refractivity (Wildman–Crippen MR) is 57.1 cm³/mol. The van der Waals surface area contributed by atoms with Crippen molar-refractivity contribution in [1.82, 2.24) is 4.98 Å². The van der Waals surface area contributed by atoms with Gasteiger partial charge in [-0.2, -0.15) is 0 Å². The third-order valence-corrected chi connectivity index (χ3v) is 1.88. The zero-order valence-corrected chi connectivity index (χ0v) is 7.17. The topological polar surface area (TPSA) is 12.9 Å². The van der Waals surface area contributed by atoms with Crippen LogP contribution in [0.25, 0.3) is 0 Å². The first-order valence-electron chi connectivity index (χ1n) is 4.14. The van der Waals surface area contributed by atoms with Crippen LogP contribution in [0.4, 0.5) is 0 Å². The molecule has 1 radical (unpaired) electrons. The largest absolute Gasteiger partial charge is 0.261 e. The summed E-state index contributed by atoms with van der Waals surface area (Å²) in [6.45, 7) is 4.35. The van der Waals surface area contributed by atoms with Gasteiger partial charge in [-0.25, -0.2) is 0 Å². The van der Waals surface area contributed by atoms with Crippen LogP contribution in [0.1, 0.15) is 32.4 Å². The molecule has 0 aliphatic rings. The molecule has 0 aromatic carbocycles. The summed E-state index contributed by atoms with van der Waals surface area (Å²) in [6.07, 6.45) is 4.06. The molecular weight excluding hydrogens is 161 g/mol. The maximum Gasteiger partial charge on any atom is 0.187 e. The van der Waals surface area contributed by atoms with Crippen molar-refractivity contribution >= 4 is 17.4 Å². The molecule has 1 heterocycles. The smallest absolute Gasteiger partial charge is 0.187 e. The number of aromatic nitrogens is 1. The molecule has 0 aliphatic carbocycles. The predicted octanol–water partition coefficient (Wildman–Crippen LogP) is 1.64. The quantitative estimate of drug-likeness (QED) is 0.641. The molecule has 2 heteroatoms. The van der Waals surface area contributed by atoms with Gasteiger partial charge in [0.15, 0.2) is 17.4 Å². The molecule has 0 N–H and O–H groups in total. The van der Waals surface area contributed by atoms with Crippen molar-refractivity contribution in [2.45, 2.75) is 26.7 Å². The summed E-state index contributed by atoms with van der Waals surface area (Å²) in [6, 6.07) is 6.06. The van der Waals surface area contributed by atoms with Crippen molar-refractivity contribution < 1.29 is 0 Å². The Balaban J connectivity index is 0.00000121. The van der Waals surface area contributed by atoms with Gasteiger partial charge in [0.2, 0.25) is 0 Å². The van der Waals surface area contributed by atoms with Gasteiger partial charge >= 0.3 is 0 Å². The minimum atomic E-state index is 0. The van der Waals surface area contributed by atoms with Gasteiger partial charge < -0.3 is 0 Å². The molecule has 0 unspecified atom stereocenters. The van der Waals surface area contributed by atoms with Crippen molar-refractivity contribution in [2.75, 3.05) is 0 Å². The third-order valence-electron chi connectivity index (χ3n) is 1.88. The van der Waals surface area contributed by atoms with Gasteiger partial charge in [0, 0.05) is 17.8 Å². The zero-order chi connectivity index (χ0) is 8.10. The van der Waals surface area contributed by atoms with Crippen LogP contribution in [-0.2, 0) is 0 Å². The Kier molecular flexibility index (Phi) is 6.06. The number of hydrogen-bond acceptors (Lipinski definition) is 1. The molecular formula is C10H17AlN. The second kappa shape index (κ2) is 6.23. The summed E-state index contributed by atoms with van der Waals surface area (Å²) >= 11 is 0. The Morgan fingerprint density at radius 2 is 1.92 bits per heavy atom. The van der Waals surface area contributed by atoms with Gasteiger partial charge in [0.05, 0.1) is 0 Å². The Labute approximate surface area is 85.3 Å². The first-order chi connectivity index (χ1) is 5.38. The van der Waals surface area contributed by atoms with E-state index in [-0.39, 0.29) is 17.4 Å². The molecule has 1 aromatic heterocycles. The van der Waals surface area contributed by atoms with Crippen LogP contribution in [0.2, 0.25) is 0 Å². The minimum Gasteiger partial charge on any atom is -0.261 e. The average molecular weight is 178 g/mol. The highest BCUT2D eigenvalue weighted by atomic mass is 27.0. The molecule has 0 spiro atoms. The molecule has 1 rings (SSSR count). The molecule has 0 saturated carbocycles. The molecule has 0 aliphatic heterocycles. The molecule has 0 atom stereocenters.